The molecule has 3 nitrogen and oxygen atoms in total. The number of benzene rings is 1. The van der Waals surface area contributed by atoms with Crippen molar-refractivity contribution in [2.45, 2.75) is 51.7 Å². The monoisotopic (exact) mass is 290 g/mol. The molecule has 2 atom stereocenters. The molecule has 2 aromatic rings. The second-order valence-corrected chi connectivity index (χ2v) is 6.02. The summed E-state index contributed by atoms with van der Waals surface area (Å²) in [7, 11) is 0. The molecule has 0 aliphatic rings. The van der Waals surface area contributed by atoms with Gasteiger partial charge < -0.3 is 5.11 Å². The smallest absolute Gasteiger partial charge is 0.123 e. The van der Waals surface area contributed by atoms with Crippen LogP contribution in [0.25, 0.3) is 0 Å². The van der Waals surface area contributed by atoms with Crippen LogP contribution in [0.2, 0.25) is 0 Å². The SMILES string of the molecule is CCC(C)n1ccc(CC(C)(O)Cc2ccc(F)cc2)n1. The van der Waals surface area contributed by atoms with Crippen molar-refractivity contribution in [2.24, 2.45) is 0 Å². The fraction of sp³-hybridized carbons (Fsp3) is 0.471. The molecule has 1 aromatic heterocycles. The van der Waals surface area contributed by atoms with E-state index in [9.17, 15) is 9.50 Å². The molecule has 0 aliphatic heterocycles. The van der Waals surface area contributed by atoms with E-state index < -0.39 is 5.60 Å². The van der Waals surface area contributed by atoms with Gasteiger partial charge >= 0.3 is 0 Å². The molecule has 0 aliphatic carbocycles. The lowest BCUT2D eigenvalue weighted by Gasteiger charge is -2.22. The molecule has 0 saturated carbocycles. The van der Waals surface area contributed by atoms with Gasteiger partial charge in [0.1, 0.15) is 5.82 Å². The van der Waals surface area contributed by atoms with Crippen LogP contribution in [0.1, 0.15) is 44.5 Å². The second-order valence-electron chi connectivity index (χ2n) is 6.02. The Hall–Kier alpha value is -1.68. The second kappa shape index (κ2) is 6.39. The molecule has 0 bridgehead atoms. The van der Waals surface area contributed by atoms with Gasteiger partial charge in [0.15, 0.2) is 0 Å². The first-order valence-electron chi connectivity index (χ1n) is 7.40. The van der Waals surface area contributed by atoms with E-state index in [-0.39, 0.29) is 5.82 Å². The van der Waals surface area contributed by atoms with Crippen LogP contribution in [0.4, 0.5) is 4.39 Å². The van der Waals surface area contributed by atoms with Gasteiger partial charge in [-0.2, -0.15) is 5.10 Å². The highest BCUT2D eigenvalue weighted by Crippen LogP contribution is 2.19. The van der Waals surface area contributed by atoms with E-state index in [1.165, 1.54) is 12.1 Å². The average molecular weight is 290 g/mol. The van der Waals surface area contributed by atoms with E-state index in [4.69, 9.17) is 0 Å². The lowest BCUT2D eigenvalue weighted by Crippen LogP contribution is -2.30. The minimum atomic E-state index is -0.896. The lowest BCUT2D eigenvalue weighted by atomic mass is 9.92. The summed E-state index contributed by atoms with van der Waals surface area (Å²) in [5.41, 5.74) is 0.900. The number of rotatable bonds is 6. The summed E-state index contributed by atoms with van der Waals surface area (Å²) in [5, 5.41) is 15.1. The fourth-order valence-electron chi connectivity index (χ4n) is 2.40. The summed E-state index contributed by atoms with van der Waals surface area (Å²) in [6.07, 6.45) is 3.93. The summed E-state index contributed by atoms with van der Waals surface area (Å²) in [4.78, 5) is 0. The van der Waals surface area contributed by atoms with E-state index in [0.717, 1.165) is 17.7 Å². The van der Waals surface area contributed by atoms with Gasteiger partial charge in [-0.3, -0.25) is 4.68 Å². The van der Waals surface area contributed by atoms with E-state index in [2.05, 4.69) is 18.9 Å². The van der Waals surface area contributed by atoms with Crippen molar-refractivity contribution in [1.82, 2.24) is 9.78 Å². The molecule has 0 spiro atoms. The molecular formula is C17H23FN2O. The molecule has 21 heavy (non-hydrogen) atoms. The van der Waals surface area contributed by atoms with Crippen LogP contribution in [0.15, 0.2) is 36.5 Å². The Labute approximate surface area is 125 Å². The third-order valence-electron chi connectivity index (χ3n) is 3.77. The highest BCUT2D eigenvalue weighted by molar-refractivity contribution is 5.19. The van der Waals surface area contributed by atoms with Crippen LogP contribution in [-0.4, -0.2) is 20.5 Å². The summed E-state index contributed by atoms with van der Waals surface area (Å²) in [6.45, 7) is 6.03. The number of halogens is 1. The summed E-state index contributed by atoms with van der Waals surface area (Å²) in [5.74, 6) is -0.259. The van der Waals surface area contributed by atoms with Gasteiger partial charge in [0.2, 0.25) is 0 Å². The van der Waals surface area contributed by atoms with Gasteiger partial charge in [-0.05, 0) is 44.0 Å². The van der Waals surface area contributed by atoms with Gasteiger partial charge in [0.05, 0.1) is 11.3 Å². The van der Waals surface area contributed by atoms with Crippen LogP contribution < -0.4 is 0 Å². The largest absolute Gasteiger partial charge is 0.389 e. The van der Waals surface area contributed by atoms with E-state index in [1.54, 1.807) is 19.1 Å². The van der Waals surface area contributed by atoms with Crippen molar-refractivity contribution >= 4 is 0 Å². The molecule has 0 fully saturated rings. The molecular weight excluding hydrogens is 267 g/mol. The Morgan fingerprint density at radius 3 is 2.52 bits per heavy atom. The summed E-state index contributed by atoms with van der Waals surface area (Å²) >= 11 is 0. The molecule has 2 unspecified atom stereocenters. The average Bonchev–Trinajstić information content (AvgIpc) is 2.88. The van der Waals surface area contributed by atoms with Crippen molar-refractivity contribution in [1.29, 1.82) is 0 Å². The first-order chi connectivity index (χ1) is 9.89. The minimum absolute atomic E-state index is 0.259. The van der Waals surface area contributed by atoms with E-state index in [1.807, 2.05) is 16.9 Å². The number of aliphatic hydroxyl groups is 1. The summed E-state index contributed by atoms with van der Waals surface area (Å²) in [6, 6.07) is 8.57. The van der Waals surface area contributed by atoms with Gasteiger partial charge in [-0.15, -0.1) is 0 Å². The highest BCUT2D eigenvalue weighted by Gasteiger charge is 2.23. The number of hydrogen-bond donors (Lipinski definition) is 1. The van der Waals surface area contributed by atoms with Crippen molar-refractivity contribution in [3.8, 4) is 0 Å². The number of aromatic nitrogens is 2. The third-order valence-corrected chi connectivity index (χ3v) is 3.77. The zero-order valence-corrected chi connectivity index (χ0v) is 12.9. The fourth-order valence-corrected chi connectivity index (χ4v) is 2.40. The van der Waals surface area contributed by atoms with Crippen LogP contribution in [-0.2, 0) is 12.8 Å². The zero-order valence-electron chi connectivity index (χ0n) is 12.9. The van der Waals surface area contributed by atoms with Crippen molar-refractivity contribution in [2.75, 3.05) is 0 Å². The Kier molecular flexibility index (Phi) is 4.78. The first kappa shape index (κ1) is 15.7. The van der Waals surface area contributed by atoms with Crippen LogP contribution in [0.3, 0.4) is 0 Å². The topological polar surface area (TPSA) is 38.0 Å². The number of hydrogen-bond acceptors (Lipinski definition) is 2. The lowest BCUT2D eigenvalue weighted by molar-refractivity contribution is 0.0596. The first-order valence-corrected chi connectivity index (χ1v) is 7.40. The maximum absolute atomic E-state index is 12.9. The number of nitrogens with zero attached hydrogens (tertiary/aromatic N) is 2. The van der Waals surface area contributed by atoms with Crippen molar-refractivity contribution in [3.63, 3.8) is 0 Å². The van der Waals surface area contributed by atoms with E-state index >= 15 is 0 Å². The van der Waals surface area contributed by atoms with Gasteiger partial charge in [0, 0.05) is 25.1 Å². The van der Waals surface area contributed by atoms with Crippen LogP contribution >= 0.6 is 0 Å². The molecule has 1 aromatic carbocycles. The van der Waals surface area contributed by atoms with Crippen molar-refractivity contribution < 1.29 is 9.50 Å². The Balaban J connectivity index is 2.03. The molecule has 4 heteroatoms. The van der Waals surface area contributed by atoms with E-state index in [0.29, 0.717) is 18.9 Å². The van der Waals surface area contributed by atoms with Crippen LogP contribution in [0, 0.1) is 5.82 Å². The van der Waals surface area contributed by atoms with Gasteiger partial charge in [-0.1, -0.05) is 19.1 Å². The molecule has 2 rings (SSSR count). The molecule has 0 radical (unpaired) electrons. The van der Waals surface area contributed by atoms with Gasteiger partial charge in [-0.25, -0.2) is 4.39 Å². The molecule has 0 amide bonds. The van der Waals surface area contributed by atoms with Crippen LogP contribution in [0.5, 0.6) is 0 Å². The maximum Gasteiger partial charge on any atom is 0.123 e. The van der Waals surface area contributed by atoms with Gasteiger partial charge in [0.25, 0.3) is 0 Å². The predicted molar refractivity (Wildman–Crippen MR) is 81.7 cm³/mol. The zero-order chi connectivity index (χ0) is 15.5. The minimum Gasteiger partial charge on any atom is -0.389 e. The Morgan fingerprint density at radius 2 is 1.90 bits per heavy atom. The highest BCUT2D eigenvalue weighted by atomic mass is 19.1. The molecule has 1 N–H and O–H groups in total. The maximum atomic E-state index is 12.9. The Morgan fingerprint density at radius 1 is 1.24 bits per heavy atom. The standard InChI is InChI=1S/C17H23FN2O/c1-4-13(2)20-10-9-16(19-20)12-17(3,21)11-14-5-7-15(18)8-6-14/h5-10,13,21H,4,11-12H2,1-3H3. The molecule has 0 saturated heterocycles. The molecule has 114 valence electrons. The summed E-state index contributed by atoms with van der Waals surface area (Å²) < 4.78 is 14.8. The molecule has 1 heterocycles. The predicted octanol–water partition coefficient (Wildman–Crippen LogP) is 3.53. The third kappa shape index (κ3) is 4.39. The normalized spacial score (nSPS) is 15.7. The van der Waals surface area contributed by atoms with Crippen molar-refractivity contribution in [3.05, 3.63) is 53.6 Å². The quantitative estimate of drug-likeness (QED) is 0.884. The Bertz CT molecular complexity index is 575.